The molecule has 0 aromatic heterocycles. The Hall–Kier alpha value is -2.54. The molecule has 0 heterocycles. The van der Waals surface area contributed by atoms with E-state index in [0.717, 1.165) is 21.7 Å². The molecule has 0 amide bonds. The van der Waals surface area contributed by atoms with E-state index in [1.807, 2.05) is 0 Å². The summed E-state index contributed by atoms with van der Waals surface area (Å²) < 4.78 is 29.7. The van der Waals surface area contributed by atoms with Crippen LogP contribution in [0.5, 0.6) is 5.75 Å². The lowest BCUT2D eigenvalue weighted by Crippen LogP contribution is -2.24. The Morgan fingerprint density at radius 3 is 2.22 bits per heavy atom. The second kappa shape index (κ2) is 6.29. The molecule has 0 spiro atoms. The fourth-order valence-electron chi connectivity index (χ4n) is 2.10. The van der Waals surface area contributed by atoms with Crippen LogP contribution in [0.1, 0.15) is 10.4 Å². The van der Waals surface area contributed by atoms with E-state index in [4.69, 9.17) is 9.84 Å². The zero-order valence-corrected chi connectivity index (χ0v) is 13.8. The minimum Gasteiger partial charge on any atom is -0.496 e. The number of methoxy groups -OCH3 is 1. The van der Waals surface area contributed by atoms with Crippen LogP contribution >= 0.6 is 0 Å². The molecule has 0 saturated heterocycles. The van der Waals surface area contributed by atoms with Gasteiger partial charge in [-0.15, -0.1) is 0 Å². The Balaban J connectivity index is 2.46. The average Bonchev–Trinajstić information content (AvgIpc) is 2.52. The number of benzene rings is 2. The molecule has 6 nitrogen and oxygen atoms in total. The number of sulfonamides is 1. The Kier molecular flexibility index (Phi) is 4.60. The van der Waals surface area contributed by atoms with Crippen molar-refractivity contribution in [2.24, 2.45) is 0 Å². The number of anilines is 1. The van der Waals surface area contributed by atoms with Crippen molar-refractivity contribution >= 4 is 21.7 Å². The Labute approximate surface area is 135 Å². The standard InChI is InChI=1S/C16H17NO5S/c1-17(23(3,20)21)13-8-9-14(15(10-13)22-2)11-4-6-12(7-5-11)16(18)19/h4-10H,1-3H3,(H,18,19). The van der Waals surface area contributed by atoms with Gasteiger partial charge < -0.3 is 9.84 Å². The van der Waals surface area contributed by atoms with Crippen molar-refractivity contribution in [1.82, 2.24) is 0 Å². The van der Waals surface area contributed by atoms with Crippen molar-refractivity contribution in [3.8, 4) is 16.9 Å². The van der Waals surface area contributed by atoms with E-state index in [2.05, 4.69) is 0 Å². The van der Waals surface area contributed by atoms with Gasteiger partial charge in [0.15, 0.2) is 0 Å². The highest BCUT2D eigenvalue weighted by atomic mass is 32.2. The van der Waals surface area contributed by atoms with Crippen LogP contribution in [-0.2, 0) is 10.0 Å². The fourth-order valence-corrected chi connectivity index (χ4v) is 2.59. The van der Waals surface area contributed by atoms with Gasteiger partial charge in [-0.1, -0.05) is 12.1 Å². The molecule has 0 bridgehead atoms. The molecule has 0 aliphatic carbocycles. The van der Waals surface area contributed by atoms with Crippen LogP contribution in [0.4, 0.5) is 5.69 Å². The van der Waals surface area contributed by atoms with Gasteiger partial charge in [0.05, 0.1) is 24.6 Å². The van der Waals surface area contributed by atoms with Crippen molar-refractivity contribution in [1.29, 1.82) is 0 Å². The third kappa shape index (κ3) is 3.62. The molecule has 0 unspecified atom stereocenters. The molecule has 23 heavy (non-hydrogen) atoms. The van der Waals surface area contributed by atoms with Crippen molar-refractivity contribution in [2.45, 2.75) is 0 Å². The van der Waals surface area contributed by atoms with Crippen LogP contribution in [0.15, 0.2) is 42.5 Å². The summed E-state index contributed by atoms with van der Waals surface area (Å²) in [6.07, 6.45) is 1.12. The predicted molar refractivity (Wildman–Crippen MR) is 88.6 cm³/mol. The molecule has 7 heteroatoms. The van der Waals surface area contributed by atoms with Crippen LogP contribution < -0.4 is 9.04 Å². The van der Waals surface area contributed by atoms with Crippen molar-refractivity contribution in [3.63, 3.8) is 0 Å². The van der Waals surface area contributed by atoms with Crippen LogP contribution in [0.25, 0.3) is 11.1 Å². The summed E-state index contributed by atoms with van der Waals surface area (Å²) in [4.78, 5) is 10.9. The first kappa shape index (κ1) is 16.8. The summed E-state index contributed by atoms with van der Waals surface area (Å²) in [6.45, 7) is 0. The molecular formula is C16H17NO5S. The Morgan fingerprint density at radius 2 is 1.74 bits per heavy atom. The number of hydrogen-bond acceptors (Lipinski definition) is 4. The quantitative estimate of drug-likeness (QED) is 0.907. The first-order valence-corrected chi connectivity index (χ1v) is 8.54. The van der Waals surface area contributed by atoms with Gasteiger partial charge in [0.25, 0.3) is 0 Å². The molecule has 122 valence electrons. The maximum absolute atomic E-state index is 11.6. The van der Waals surface area contributed by atoms with Gasteiger partial charge in [0, 0.05) is 18.7 Å². The fraction of sp³-hybridized carbons (Fsp3) is 0.188. The molecule has 0 fully saturated rings. The summed E-state index contributed by atoms with van der Waals surface area (Å²) in [5.41, 5.74) is 2.20. The van der Waals surface area contributed by atoms with Crippen LogP contribution in [0.3, 0.4) is 0 Å². The lowest BCUT2D eigenvalue weighted by Gasteiger charge is -2.18. The van der Waals surface area contributed by atoms with E-state index in [1.165, 1.54) is 26.3 Å². The molecule has 2 aromatic rings. The minimum absolute atomic E-state index is 0.196. The number of hydrogen-bond donors (Lipinski definition) is 1. The second-order valence-corrected chi connectivity index (χ2v) is 7.01. The lowest BCUT2D eigenvalue weighted by atomic mass is 10.0. The van der Waals surface area contributed by atoms with E-state index < -0.39 is 16.0 Å². The number of carboxylic acid groups (broad SMARTS) is 1. The minimum atomic E-state index is -3.36. The Morgan fingerprint density at radius 1 is 1.13 bits per heavy atom. The Bertz CT molecular complexity index is 828. The van der Waals surface area contributed by atoms with Crippen LogP contribution in [0, 0.1) is 0 Å². The van der Waals surface area contributed by atoms with E-state index in [-0.39, 0.29) is 5.56 Å². The van der Waals surface area contributed by atoms with E-state index >= 15 is 0 Å². The summed E-state index contributed by atoms with van der Waals surface area (Å²) in [6, 6.07) is 11.4. The first-order chi connectivity index (χ1) is 10.7. The van der Waals surface area contributed by atoms with Gasteiger partial charge in [0.2, 0.25) is 10.0 Å². The van der Waals surface area contributed by atoms with Crippen molar-refractivity contribution in [2.75, 3.05) is 24.7 Å². The van der Waals surface area contributed by atoms with Crippen molar-refractivity contribution < 1.29 is 23.1 Å². The monoisotopic (exact) mass is 335 g/mol. The zero-order chi connectivity index (χ0) is 17.2. The van der Waals surface area contributed by atoms with Crippen LogP contribution in [0.2, 0.25) is 0 Å². The van der Waals surface area contributed by atoms with Gasteiger partial charge in [-0.05, 0) is 29.8 Å². The lowest BCUT2D eigenvalue weighted by molar-refractivity contribution is 0.0697. The molecule has 2 aromatic carbocycles. The molecule has 1 N–H and O–H groups in total. The van der Waals surface area contributed by atoms with Gasteiger partial charge in [-0.2, -0.15) is 0 Å². The largest absolute Gasteiger partial charge is 0.496 e. The van der Waals surface area contributed by atoms with Gasteiger partial charge in [-0.25, -0.2) is 13.2 Å². The third-order valence-electron chi connectivity index (χ3n) is 3.49. The molecular weight excluding hydrogens is 318 g/mol. The number of aromatic carboxylic acids is 1. The average molecular weight is 335 g/mol. The molecule has 0 radical (unpaired) electrons. The first-order valence-electron chi connectivity index (χ1n) is 6.69. The number of nitrogens with zero attached hydrogens (tertiary/aromatic N) is 1. The van der Waals surface area contributed by atoms with Gasteiger partial charge in [0.1, 0.15) is 5.75 Å². The number of carboxylic acids is 1. The summed E-state index contributed by atoms with van der Waals surface area (Å²) in [5, 5.41) is 8.93. The second-order valence-electron chi connectivity index (χ2n) is 5.00. The number of rotatable bonds is 5. The van der Waals surface area contributed by atoms with E-state index in [1.54, 1.807) is 30.3 Å². The van der Waals surface area contributed by atoms with E-state index in [0.29, 0.717) is 11.4 Å². The summed E-state index contributed by atoms with van der Waals surface area (Å²) in [5.74, 6) is -0.491. The number of ether oxygens (including phenoxy) is 1. The maximum atomic E-state index is 11.6. The summed E-state index contributed by atoms with van der Waals surface area (Å²) in [7, 11) is -0.403. The smallest absolute Gasteiger partial charge is 0.335 e. The molecule has 0 saturated carbocycles. The highest BCUT2D eigenvalue weighted by Gasteiger charge is 2.15. The molecule has 0 atom stereocenters. The van der Waals surface area contributed by atoms with Gasteiger partial charge in [-0.3, -0.25) is 4.31 Å². The molecule has 0 aliphatic heterocycles. The SMILES string of the molecule is COc1cc(N(C)S(C)(=O)=O)ccc1-c1ccc(C(=O)O)cc1. The van der Waals surface area contributed by atoms with Crippen molar-refractivity contribution in [3.05, 3.63) is 48.0 Å². The van der Waals surface area contributed by atoms with Crippen LogP contribution in [-0.4, -0.2) is 39.9 Å². The molecule has 0 aliphatic rings. The predicted octanol–water partition coefficient (Wildman–Crippen LogP) is 2.46. The highest BCUT2D eigenvalue weighted by molar-refractivity contribution is 7.92. The number of carbonyl (C=O) groups is 1. The third-order valence-corrected chi connectivity index (χ3v) is 4.69. The maximum Gasteiger partial charge on any atom is 0.335 e. The topological polar surface area (TPSA) is 83.9 Å². The molecule has 2 rings (SSSR count). The zero-order valence-electron chi connectivity index (χ0n) is 13.0. The summed E-state index contributed by atoms with van der Waals surface area (Å²) >= 11 is 0. The van der Waals surface area contributed by atoms with Gasteiger partial charge >= 0.3 is 5.97 Å². The highest BCUT2D eigenvalue weighted by Crippen LogP contribution is 2.34. The normalized spacial score (nSPS) is 11.1. The van der Waals surface area contributed by atoms with E-state index in [9.17, 15) is 13.2 Å².